The van der Waals surface area contributed by atoms with E-state index in [1.165, 1.54) is 19.8 Å². The Morgan fingerprint density at radius 1 is 1.28 bits per heavy atom. The molecule has 0 aromatic heterocycles. The molecule has 1 rings (SSSR count). The third kappa shape index (κ3) is 2.73. The Hall–Kier alpha value is -1.76. The van der Waals surface area contributed by atoms with Crippen LogP contribution in [-0.4, -0.2) is 26.2 Å². The monoisotopic (exact) mass is 250 g/mol. The van der Waals surface area contributed by atoms with Gasteiger partial charge in [-0.2, -0.15) is 0 Å². The summed E-state index contributed by atoms with van der Waals surface area (Å²) in [6.07, 6.45) is 7.59. The fourth-order valence-electron chi connectivity index (χ4n) is 2.07. The molecule has 98 valence electrons. The van der Waals surface area contributed by atoms with E-state index in [0.717, 1.165) is 18.4 Å². The molecule has 1 aliphatic rings. The average Bonchev–Trinajstić information content (AvgIpc) is 3.20. The summed E-state index contributed by atoms with van der Waals surface area (Å²) in [5, 5.41) is 0. The SMILES string of the molecule is C#CCC(CC(C)=C1CC1)(C(=O)OC)C(=O)OC. The molecule has 1 saturated carbocycles. The Labute approximate surface area is 107 Å². The average molecular weight is 250 g/mol. The van der Waals surface area contributed by atoms with Crippen LogP contribution in [0.3, 0.4) is 0 Å². The summed E-state index contributed by atoms with van der Waals surface area (Å²) in [5.74, 6) is 1.12. The van der Waals surface area contributed by atoms with Gasteiger partial charge in [-0.05, 0) is 26.2 Å². The zero-order chi connectivity index (χ0) is 13.8. The fourth-order valence-corrected chi connectivity index (χ4v) is 2.07. The maximum absolute atomic E-state index is 12.0. The van der Waals surface area contributed by atoms with Crippen molar-refractivity contribution in [2.45, 2.75) is 32.6 Å². The summed E-state index contributed by atoms with van der Waals surface area (Å²) < 4.78 is 9.47. The van der Waals surface area contributed by atoms with Crippen LogP contribution in [0.15, 0.2) is 11.1 Å². The van der Waals surface area contributed by atoms with Gasteiger partial charge in [-0.25, -0.2) is 0 Å². The smallest absolute Gasteiger partial charge is 0.324 e. The van der Waals surface area contributed by atoms with Crippen LogP contribution in [0, 0.1) is 17.8 Å². The van der Waals surface area contributed by atoms with Crippen molar-refractivity contribution in [2.24, 2.45) is 5.41 Å². The van der Waals surface area contributed by atoms with Crippen molar-refractivity contribution in [2.75, 3.05) is 14.2 Å². The van der Waals surface area contributed by atoms with Gasteiger partial charge in [0.2, 0.25) is 0 Å². The Bertz CT molecular complexity index is 404. The molecule has 0 heterocycles. The van der Waals surface area contributed by atoms with E-state index < -0.39 is 17.4 Å². The van der Waals surface area contributed by atoms with Crippen molar-refractivity contribution in [1.29, 1.82) is 0 Å². The van der Waals surface area contributed by atoms with E-state index >= 15 is 0 Å². The quantitative estimate of drug-likeness (QED) is 0.323. The highest BCUT2D eigenvalue weighted by Gasteiger charge is 2.48. The molecule has 1 fully saturated rings. The Kier molecular flexibility index (Phi) is 4.55. The maximum Gasteiger partial charge on any atom is 0.324 e. The summed E-state index contributed by atoms with van der Waals surface area (Å²) in [7, 11) is 2.49. The van der Waals surface area contributed by atoms with E-state index in [0.29, 0.717) is 0 Å². The third-order valence-corrected chi connectivity index (χ3v) is 3.23. The molecule has 0 radical (unpaired) electrons. The first-order valence-corrected chi connectivity index (χ1v) is 5.79. The summed E-state index contributed by atoms with van der Waals surface area (Å²) in [5.41, 5.74) is 0.906. The van der Waals surface area contributed by atoms with E-state index in [-0.39, 0.29) is 12.8 Å². The number of rotatable bonds is 5. The normalized spacial score (nSPS) is 13.6. The molecule has 0 unspecified atom stereocenters. The van der Waals surface area contributed by atoms with Crippen LogP contribution in [0.4, 0.5) is 0 Å². The predicted molar refractivity (Wildman–Crippen MR) is 66.5 cm³/mol. The standard InChI is InChI=1S/C14H18O4/c1-5-8-14(12(15)17-3,13(16)18-4)9-10(2)11-6-7-11/h1H,6-9H2,2-4H3. The van der Waals surface area contributed by atoms with E-state index in [4.69, 9.17) is 15.9 Å². The highest BCUT2D eigenvalue weighted by atomic mass is 16.5. The van der Waals surface area contributed by atoms with Crippen LogP contribution >= 0.6 is 0 Å². The number of terminal acetylenes is 1. The molecular weight excluding hydrogens is 232 g/mol. The second-order valence-electron chi connectivity index (χ2n) is 4.51. The van der Waals surface area contributed by atoms with Crippen LogP contribution in [0.5, 0.6) is 0 Å². The zero-order valence-electron chi connectivity index (χ0n) is 11.0. The number of methoxy groups -OCH3 is 2. The molecule has 18 heavy (non-hydrogen) atoms. The molecule has 0 amide bonds. The lowest BCUT2D eigenvalue weighted by Crippen LogP contribution is -2.41. The second kappa shape index (κ2) is 5.72. The van der Waals surface area contributed by atoms with Gasteiger partial charge in [-0.15, -0.1) is 12.3 Å². The highest BCUT2D eigenvalue weighted by Crippen LogP contribution is 2.39. The lowest BCUT2D eigenvalue weighted by atomic mass is 9.78. The van der Waals surface area contributed by atoms with E-state index in [1.807, 2.05) is 6.92 Å². The van der Waals surface area contributed by atoms with Gasteiger partial charge in [-0.3, -0.25) is 9.59 Å². The molecule has 0 aliphatic heterocycles. The molecule has 4 heteroatoms. The van der Waals surface area contributed by atoms with E-state index in [2.05, 4.69) is 5.92 Å². The van der Waals surface area contributed by atoms with Gasteiger partial charge in [-0.1, -0.05) is 11.1 Å². The summed E-state index contributed by atoms with van der Waals surface area (Å²) in [4.78, 5) is 23.9. The molecular formula is C14H18O4. The lowest BCUT2D eigenvalue weighted by Gasteiger charge is -2.26. The largest absolute Gasteiger partial charge is 0.468 e. The molecule has 0 bridgehead atoms. The molecule has 0 saturated heterocycles. The fraction of sp³-hybridized carbons (Fsp3) is 0.571. The first-order valence-electron chi connectivity index (χ1n) is 5.79. The van der Waals surface area contributed by atoms with Gasteiger partial charge in [0, 0.05) is 6.42 Å². The first-order chi connectivity index (χ1) is 8.51. The van der Waals surface area contributed by atoms with Crippen molar-refractivity contribution < 1.29 is 19.1 Å². The van der Waals surface area contributed by atoms with Gasteiger partial charge in [0.1, 0.15) is 0 Å². The minimum Gasteiger partial charge on any atom is -0.468 e. The topological polar surface area (TPSA) is 52.6 Å². The van der Waals surface area contributed by atoms with Crippen molar-refractivity contribution in [3.05, 3.63) is 11.1 Å². The van der Waals surface area contributed by atoms with Crippen LogP contribution in [0.25, 0.3) is 0 Å². The van der Waals surface area contributed by atoms with Gasteiger partial charge < -0.3 is 9.47 Å². The molecule has 0 aromatic carbocycles. The molecule has 0 aromatic rings. The van der Waals surface area contributed by atoms with Gasteiger partial charge >= 0.3 is 11.9 Å². The van der Waals surface area contributed by atoms with Crippen molar-refractivity contribution >= 4 is 11.9 Å². The summed E-state index contributed by atoms with van der Waals surface area (Å²) >= 11 is 0. The van der Waals surface area contributed by atoms with Gasteiger partial charge in [0.15, 0.2) is 5.41 Å². The molecule has 0 N–H and O–H groups in total. The second-order valence-corrected chi connectivity index (χ2v) is 4.51. The molecule has 0 spiro atoms. The zero-order valence-corrected chi connectivity index (χ0v) is 11.0. The summed E-state index contributed by atoms with van der Waals surface area (Å²) in [6, 6.07) is 0. The molecule has 0 atom stereocenters. The number of carbonyl (C=O) groups excluding carboxylic acids is 2. The van der Waals surface area contributed by atoms with E-state index in [1.54, 1.807) is 0 Å². The number of ether oxygens (including phenoxy) is 2. The molecule has 4 nitrogen and oxygen atoms in total. The van der Waals surface area contributed by atoms with Crippen LogP contribution < -0.4 is 0 Å². The Morgan fingerprint density at radius 2 is 1.78 bits per heavy atom. The van der Waals surface area contributed by atoms with Crippen LogP contribution in [0.2, 0.25) is 0 Å². The number of carbonyl (C=O) groups is 2. The Balaban J connectivity index is 3.11. The number of hydrogen-bond acceptors (Lipinski definition) is 4. The third-order valence-electron chi connectivity index (χ3n) is 3.23. The van der Waals surface area contributed by atoms with Crippen LogP contribution in [-0.2, 0) is 19.1 Å². The summed E-state index contributed by atoms with van der Waals surface area (Å²) in [6.45, 7) is 1.92. The lowest BCUT2D eigenvalue weighted by molar-refractivity contribution is -0.168. The van der Waals surface area contributed by atoms with E-state index in [9.17, 15) is 9.59 Å². The van der Waals surface area contributed by atoms with Crippen molar-refractivity contribution in [3.63, 3.8) is 0 Å². The molecule has 1 aliphatic carbocycles. The van der Waals surface area contributed by atoms with Crippen molar-refractivity contribution in [3.8, 4) is 12.3 Å². The number of hydrogen-bond donors (Lipinski definition) is 0. The predicted octanol–water partition coefficient (Wildman–Crippen LogP) is 1.84. The van der Waals surface area contributed by atoms with Gasteiger partial charge in [0.25, 0.3) is 0 Å². The number of esters is 2. The first kappa shape index (κ1) is 14.3. The minimum absolute atomic E-state index is 0.0169. The van der Waals surface area contributed by atoms with Gasteiger partial charge in [0.05, 0.1) is 14.2 Å². The van der Waals surface area contributed by atoms with Crippen molar-refractivity contribution in [1.82, 2.24) is 0 Å². The highest BCUT2D eigenvalue weighted by molar-refractivity contribution is 6.00. The minimum atomic E-state index is -1.40. The van der Waals surface area contributed by atoms with Crippen LogP contribution in [0.1, 0.15) is 32.6 Å². The maximum atomic E-state index is 12.0. The Morgan fingerprint density at radius 3 is 2.11 bits per heavy atom. The number of allylic oxidation sites excluding steroid dienone is 2.